The number of aromatic nitrogens is 2. The van der Waals surface area contributed by atoms with Gasteiger partial charge in [-0.1, -0.05) is 48.0 Å². The molecule has 0 spiro atoms. The zero-order chi connectivity index (χ0) is 18.1. The molecule has 2 aromatic heterocycles. The highest BCUT2D eigenvalue weighted by Crippen LogP contribution is 2.30. The first kappa shape index (κ1) is 16.8. The van der Waals surface area contributed by atoms with Crippen LogP contribution in [0.2, 0.25) is 4.34 Å². The van der Waals surface area contributed by atoms with Gasteiger partial charge in [0.15, 0.2) is 0 Å². The average Bonchev–Trinajstić information content (AvgIpc) is 3.25. The topological polar surface area (TPSA) is 55.1 Å². The maximum Gasteiger partial charge on any atom is 0.311 e. The zero-order valence-corrected chi connectivity index (χ0v) is 15.2. The van der Waals surface area contributed by atoms with Gasteiger partial charge in [0.25, 0.3) is 0 Å². The molecule has 0 fully saturated rings. The van der Waals surface area contributed by atoms with Crippen LogP contribution in [0.5, 0.6) is 0 Å². The number of carbonyl (C=O) groups is 1. The summed E-state index contributed by atoms with van der Waals surface area (Å²) in [5.41, 5.74) is 3.45. The minimum atomic E-state index is -0.835. The Hall–Kier alpha value is -2.63. The van der Waals surface area contributed by atoms with Crippen molar-refractivity contribution in [3.05, 3.63) is 82.5 Å². The predicted octanol–water partition coefficient (Wildman–Crippen LogP) is 5.15. The van der Waals surface area contributed by atoms with Gasteiger partial charge in [0.1, 0.15) is 11.3 Å². The normalized spacial score (nSPS) is 12.3. The maximum absolute atomic E-state index is 11.8. The molecule has 4 rings (SSSR count). The molecule has 2 heterocycles. The van der Waals surface area contributed by atoms with E-state index in [4.69, 9.17) is 11.6 Å². The van der Waals surface area contributed by atoms with Crippen LogP contribution in [0.4, 0.5) is 0 Å². The third kappa shape index (κ3) is 3.23. The van der Waals surface area contributed by atoms with Crippen molar-refractivity contribution in [2.24, 2.45) is 0 Å². The summed E-state index contributed by atoms with van der Waals surface area (Å²) in [4.78, 5) is 16.3. The summed E-state index contributed by atoms with van der Waals surface area (Å²) in [6.07, 6.45) is 2.19. The number of benzene rings is 2. The van der Waals surface area contributed by atoms with Crippen LogP contribution in [0.15, 0.2) is 67.0 Å². The molecule has 1 unspecified atom stereocenters. The van der Waals surface area contributed by atoms with Crippen molar-refractivity contribution >= 4 is 39.9 Å². The summed E-state index contributed by atoms with van der Waals surface area (Å²) in [6.45, 7) is 0. The SMILES string of the molecule is O=C(O)C(Cc1ccccc1)c1ccc2c(c1)ncn2-c1ccc(Cl)s1. The van der Waals surface area contributed by atoms with E-state index >= 15 is 0 Å². The number of thiophene rings is 1. The molecule has 0 saturated carbocycles. The lowest BCUT2D eigenvalue weighted by molar-refractivity contribution is -0.138. The fourth-order valence-corrected chi connectivity index (χ4v) is 4.07. The van der Waals surface area contributed by atoms with E-state index in [1.807, 2.05) is 65.2 Å². The van der Waals surface area contributed by atoms with E-state index in [1.165, 1.54) is 11.3 Å². The van der Waals surface area contributed by atoms with Crippen LogP contribution in [0.25, 0.3) is 16.0 Å². The number of halogens is 1. The third-order valence-electron chi connectivity index (χ3n) is 4.35. The minimum absolute atomic E-state index is 0.447. The van der Waals surface area contributed by atoms with E-state index in [-0.39, 0.29) is 0 Å². The highest BCUT2D eigenvalue weighted by Gasteiger charge is 2.21. The summed E-state index contributed by atoms with van der Waals surface area (Å²) in [5.74, 6) is -1.44. The van der Waals surface area contributed by atoms with Gasteiger partial charge in [-0.2, -0.15) is 0 Å². The summed E-state index contributed by atoms with van der Waals surface area (Å²) in [5, 5.41) is 10.7. The van der Waals surface area contributed by atoms with Crippen molar-refractivity contribution in [2.75, 3.05) is 0 Å². The van der Waals surface area contributed by atoms with E-state index in [2.05, 4.69) is 4.98 Å². The zero-order valence-electron chi connectivity index (χ0n) is 13.7. The molecular formula is C20H15ClN2O2S. The molecule has 2 aromatic carbocycles. The summed E-state index contributed by atoms with van der Waals surface area (Å²) >= 11 is 7.50. The second-order valence-electron chi connectivity index (χ2n) is 6.02. The van der Waals surface area contributed by atoms with Crippen molar-refractivity contribution in [2.45, 2.75) is 12.3 Å². The van der Waals surface area contributed by atoms with Crippen molar-refractivity contribution in [3.63, 3.8) is 0 Å². The Kier molecular flexibility index (Phi) is 4.49. The van der Waals surface area contributed by atoms with Gasteiger partial charge in [0.05, 0.1) is 21.3 Å². The monoisotopic (exact) mass is 382 g/mol. The number of aliphatic carboxylic acids is 1. The van der Waals surface area contributed by atoms with Crippen LogP contribution in [-0.4, -0.2) is 20.6 Å². The molecule has 1 atom stereocenters. The molecule has 4 nitrogen and oxygen atoms in total. The first-order valence-corrected chi connectivity index (χ1v) is 9.31. The van der Waals surface area contributed by atoms with Crippen molar-refractivity contribution in [1.82, 2.24) is 9.55 Å². The van der Waals surface area contributed by atoms with Gasteiger partial charge >= 0.3 is 5.97 Å². The number of fused-ring (bicyclic) bond motifs is 1. The summed E-state index contributed by atoms with van der Waals surface area (Å²) in [7, 11) is 0. The molecule has 26 heavy (non-hydrogen) atoms. The number of nitrogens with zero attached hydrogens (tertiary/aromatic N) is 2. The van der Waals surface area contributed by atoms with Gasteiger partial charge in [-0.05, 0) is 41.8 Å². The second-order valence-corrected chi connectivity index (χ2v) is 7.71. The number of imidazole rings is 1. The smallest absolute Gasteiger partial charge is 0.311 e. The van der Waals surface area contributed by atoms with E-state index in [1.54, 1.807) is 6.33 Å². The fraction of sp³-hybridized carbons (Fsp3) is 0.100. The van der Waals surface area contributed by atoms with Crippen LogP contribution in [-0.2, 0) is 11.2 Å². The third-order valence-corrected chi connectivity index (χ3v) is 5.58. The molecule has 0 radical (unpaired) electrons. The second kappa shape index (κ2) is 6.94. The average molecular weight is 383 g/mol. The predicted molar refractivity (Wildman–Crippen MR) is 104 cm³/mol. The number of carboxylic acids is 1. The highest BCUT2D eigenvalue weighted by molar-refractivity contribution is 7.18. The summed E-state index contributed by atoms with van der Waals surface area (Å²) in [6, 6.07) is 19.1. The minimum Gasteiger partial charge on any atom is -0.481 e. The lowest BCUT2D eigenvalue weighted by atomic mass is 9.92. The lowest BCUT2D eigenvalue weighted by Crippen LogP contribution is -2.14. The largest absolute Gasteiger partial charge is 0.481 e. The van der Waals surface area contributed by atoms with Gasteiger partial charge in [-0.15, -0.1) is 11.3 Å². The molecule has 0 aliphatic carbocycles. The van der Waals surface area contributed by atoms with Gasteiger partial charge in [0.2, 0.25) is 0 Å². The maximum atomic E-state index is 11.8. The van der Waals surface area contributed by atoms with Crippen LogP contribution in [0.3, 0.4) is 0 Å². The van der Waals surface area contributed by atoms with Gasteiger partial charge in [-0.25, -0.2) is 4.98 Å². The Balaban J connectivity index is 1.71. The number of hydrogen-bond donors (Lipinski definition) is 1. The Morgan fingerprint density at radius 1 is 1.15 bits per heavy atom. The van der Waals surface area contributed by atoms with E-state index in [9.17, 15) is 9.90 Å². The van der Waals surface area contributed by atoms with Gasteiger partial charge in [0, 0.05) is 0 Å². The molecule has 6 heteroatoms. The Morgan fingerprint density at radius 2 is 1.96 bits per heavy atom. The molecule has 0 aliphatic heterocycles. The molecule has 0 saturated heterocycles. The molecule has 0 bridgehead atoms. The quantitative estimate of drug-likeness (QED) is 0.519. The molecule has 130 valence electrons. The van der Waals surface area contributed by atoms with Crippen LogP contribution < -0.4 is 0 Å². The molecule has 4 aromatic rings. The van der Waals surface area contributed by atoms with E-state index in [0.29, 0.717) is 10.8 Å². The van der Waals surface area contributed by atoms with Crippen molar-refractivity contribution < 1.29 is 9.90 Å². The molecule has 0 amide bonds. The highest BCUT2D eigenvalue weighted by atomic mass is 35.5. The number of carboxylic acid groups (broad SMARTS) is 1. The Morgan fingerprint density at radius 3 is 2.65 bits per heavy atom. The number of rotatable bonds is 5. The van der Waals surface area contributed by atoms with Crippen LogP contribution >= 0.6 is 22.9 Å². The lowest BCUT2D eigenvalue weighted by Gasteiger charge is -2.13. The van der Waals surface area contributed by atoms with Gasteiger partial charge < -0.3 is 5.11 Å². The van der Waals surface area contributed by atoms with Crippen molar-refractivity contribution in [1.29, 1.82) is 0 Å². The first-order chi connectivity index (χ1) is 12.6. The molecule has 1 N–H and O–H groups in total. The van der Waals surface area contributed by atoms with Crippen LogP contribution in [0.1, 0.15) is 17.0 Å². The van der Waals surface area contributed by atoms with E-state index < -0.39 is 11.9 Å². The van der Waals surface area contributed by atoms with Crippen LogP contribution in [0, 0.1) is 0 Å². The summed E-state index contributed by atoms with van der Waals surface area (Å²) < 4.78 is 2.68. The Labute approximate surface area is 159 Å². The number of hydrogen-bond acceptors (Lipinski definition) is 3. The van der Waals surface area contributed by atoms with Crippen molar-refractivity contribution in [3.8, 4) is 5.00 Å². The Bertz CT molecular complexity index is 1070. The van der Waals surface area contributed by atoms with E-state index in [0.717, 1.165) is 27.2 Å². The molecular weight excluding hydrogens is 368 g/mol. The standard InChI is InChI=1S/C20H15ClN2O2S/c21-18-8-9-19(26-18)23-12-22-16-11-14(6-7-17(16)23)15(20(24)25)10-13-4-2-1-3-5-13/h1-9,11-12,15H,10H2,(H,24,25). The first-order valence-electron chi connectivity index (χ1n) is 8.11. The molecule has 0 aliphatic rings. The fourth-order valence-electron chi connectivity index (χ4n) is 3.05. The van der Waals surface area contributed by atoms with Gasteiger partial charge in [-0.3, -0.25) is 9.36 Å².